The van der Waals surface area contributed by atoms with Gasteiger partial charge in [-0.05, 0) is 32.1 Å². The molecule has 3 nitrogen and oxygen atoms in total. The summed E-state index contributed by atoms with van der Waals surface area (Å²) in [4.78, 5) is 2.14. The summed E-state index contributed by atoms with van der Waals surface area (Å²) in [7, 11) is 0. The van der Waals surface area contributed by atoms with E-state index in [0.717, 1.165) is 19.2 Å². The third-order valence-electron chi connectivity index (χ3n) is 3.27. The molecule has 1 atom stereocenters. The second-order valence-corrected chi connectivity index (χ2v) is 4.30. The Morgan fingerprint density at radius 3 is 2.32 bits per heavy atom. The minimum atomic E-state index is -1.46. The lowest BCUT2D eigenvalue weighted by atomic mass is 10.0. The molecule has 0 saturated carbocycles. The van der Waals surface area contributed by atoms with E-state index in [1.54, 1.807) is 0 Å². The molecule has 0 heterocycles. The van der Waals surface area contributed by atoms with E-state index in [1.807, 2.05) is 13.8 Å². The van der Waals surface area contributed by atoms with Crippen molar-refractivity contribution in [3.8, 4) is 0 Å². The van der Waals surface area contributed by atoms with Crippen LogP contribution in [0.4, 0.5) is 13.2 Å². The third kappa shape index (κ3) is 3.92. The Labute approximate surface area is 111 Å². The molecule has 0 spiro atoms. The molecule has 1 unspecified atom stereocenters. The van der Waals surface area contributed by atoms with Gasteiger partial charge in [0, 0.05) is 5.56 Å². The number of halogens is 3. The van der Waals surface area contributed by atoms with Gasteiger partial charge < -0.3 is 4.90 Å². The first kappa shape index (κ1) is 15.9. The molecular weight excluding hydrogens is 255 g/mol. The molecule has 0 aliphatic heterocycles. The molecule has 6 heteroatoms. The Balaban J connectivity index is 2.83. The maximum Gasteiger partial charge on any atom is 0.194 e. The SMILES string of the molecule is CCN(CC)CCC(NN)c1ccc(F)c(F)c1F. The summed E-state index contributed by atoms with van der Waals surface area (Å²) < 4.78 is 39.7. The summed E-state index contributed by atoms with van der Waals surface area (Å²) in [5.74, 6) is 1.55. The van der Waals surface area contributed by atoms with E-state index in [4.69, 9.17) is 5.84 Å². The van der Waals surface area contributed by atoms with E-state index < -0.39 is 23.5 Å². The van der Waals surface area contributed by atoms with Crippen molar-refractivity contribution >= 4 is 0 Å². The minimum Gasteiger partial charge on any atom is -0.304 e. The van der Waals surface area contributed by atoms with Crippen LogP contribution in [-0.4, -0.2) is 24.5 Å². The lowest BCUT2D eigenvalue weighted by Crippen LogP contribution is -2.33. The van der Waals surface area contributed by atoms with E-state index in [-0.39, 0.29) is 5.56 Å². The van der Waals surface area contributed by atoms with E-state index in [1.165, 1.54) is 6.07 Å². The predicted octanol–water partition coefficient (Wildman–Crippen LogP) is 2.34. The highest BCUT2D eigenvalue weighted by atomic mass is 19.2. The largest absolute Gasteiger partial charge is 0.304 e. The number of rotatable bonds is 7. The van der Waals surface area contributed by atoms with Crippen molar-refractivity contribution < 1.29 is 13.2 Å². The summed E-state index contributed by atoms with van der Waals surface area (Å²) in [6.07, 6.45) is 0.514. The van der Waals surface area contributed by atoms with Crippen molar-refractivity contribution in [2.45, 2.75) is 26.3 Å². The Kier molecular flexibility index (Phi) is 6.27. The molecule has 1 aromatic rings. The highest BCUT2D eigenvalue weighted by molar-refractivity contribution is 5.23. The standard InChI is InChI=1S/C13H20F3N3/c1-3-19(4-2)8-7-11(18-17)9-5-6-10(14)13(16)12(9)15/h5-6,11,18H,3-4,7-8,17H2,1-2H3. The van der Waals surface area contributed by atoms with Gasteiger partial charge in [0.25, 0.3) is 0 Å². The molecule has 0 aliphatic carbocycles. The quantitative estimate of drug-likeness (QED) is 0.456. The first-order chi connectivity index (χ1) is 9.04. The van der Waals surface area contributed by atoms with Crippen LogP contribution in [0, 0.1) is 17.5 Å². The van der Waals surface area contributed by atoms with Crippen LogP contribution in [0.1, 0.15) is 31.9 Å². The fourth-order valence-corrected chi connectivity index (χ4v) is 1.99. The molecule has 1 aromatic carbocycles. The summed E-state index contributed by atoms with van der Waals surface area (Å²) in [6.45, 7) is 6.47. The van der Waals surface area contributed by atoms with Crippen molar-refractivity contribution in [3.05, 3.63) is 35.1 Å². The summed E-state index contributed by atoms with van der Waals surface area (Å²) in [5, 5.41) is 0. The molecule has 0 amide bonds. The van der Waals surface area contributed by atoms with Crippen LogP contribution in [-0.2, 0) is 0 Å². The number of hydrazine groups is 1. The summed E-state index contributed by atoms with van der Waals surface area (Å²) in [6, 6.07) is 1.59. The fourth-order valence-electron chi connectivity index (χ4n) is 1.99. The lowest BCUT2D eigenvalue weighted by molar-refractivity contribution is 0.280. The van der Waals surface area contributed by atoms with Gasteiger partial charge in [-0.15, -0.1) is 0 Å². The number of nitrogens with zero attached hydrogens (tertiary/aromatic N) is 1. The molecule has 0 radical (unpaired) electrons. The molecule has 108 valence electrons. The average Bonchev–Trinajstić information content (AvgIpc) is 2.43. The van der Waals surface area contributed by atoms with Crippen molar-refractivity contribution in [1.82, 2.24) is 10.3 Å². The van der Waals surface area contributed by atoms with Crippen LogP contribution in [0.3, 0.4) is 0 Å². The third-order valence-corrected chi connectivity index (χ3v) is 3.27. The average molecular weight is 275 g/mol. The summed E-state index contributed by atoms with van der Waals surface area (Å²) in [5.41, 5.74) is 2.50. The van der Waals surface area contributed by atoms with E-state index in [9.17, 15) is 13.2 Å². The highest BCUT2D eigenvalue weighted by Crippen LogP contribution is 2.23. The zero-order valence-corrected chi connectivity index (χ0v) is 11.2. The monoisotopic (exact) mass is 275 g/mol. The maximum absolute atomic E-state index is 13.7. The Morgan fingerprint density at radius 2 is 1.79 bits per heavy atom. The molecular formula is C13H20F3N3. The normalized spacial score (nSPS) is 13.0. The molecule has 19 heavy (non-hydrogen) atoms. The Morgan fingerprint density at radius 1 is 1.16 bits per heavy atom. The van der Waals surface area contributed by atoms with Gasteiger partial charge in [0.1, 0.15) is 0 Å². The van der Waals surface area contributed by atoms with Crippen molar-refractivity contribution in [2.75, 3.05) is 19.6 Å². The van der Waals surface area contributed by atoms with Crippen LogP contribution in [0.2, 0.25) is 0 Å². The van der Waals surface area contributed by atoms with Crippen LogP contribution in [0.5, 0.6) is 0 Å². The van der Waals surface area contributed by atoms with Crippen LogP contribution in [0.25, 0.3) is 0 Å². The lowest BCUT2D eigenvalue weighted by Gasteiger charge is -2.23. The van der Waals surface area contributed by atoms with Crippen LogP contribution >= 0.6 is 0 Å². The van der Waals surface area contributed by atoms with Gasteiger partial charge in [0.05, 0.1) is 6.04 Å². The van der Waals surface area contributed by atoms with E-state index in [2.05, 4.69) is 10.3 Å². The van der Waals surface area contributed by atoms with Gasteiger partial charge in [0.15, 0.2) is 17.5 Å². The zero-order valence-electron chi connectivity index (χ0n) is 11.2. The van der Waals surface area contributed by atoms with Gasteiger partial charge in [-0.25, -0.2) is 13.2 Å². The van der Waals surface area contributed by atoms with Crippen LogP contribution in [0.15, 0.2) is 12.1 Å². The molecule has 3 N–H and O–H groups in total. The van der Waals surface area contributed by atoms with E-state index in [0.29, 0.717) is 13.0 Å². The number of benzene rings is 1. The van der Waals surface area contributed by atoms with Gasteiger partial charge >= 0.3 is 0 Å². The second-order valence-electron chi connectivity index (χ2n) is 4.30. The fraction of sp³-hybridized carbons (Fsp3) is 0.538. The molecule has 0 aromatic heterocycles. The van der Waals surface area contributed by atoms with Crippen molar-refractivity contribution in [3.63, 3.8) is 0 Å². The molecule has 0 fully saturated rings. The van der Waals surface area contributed by atoms with Gasteiger partial charge in [0.2, 0.25) is 0 Å². The van der Waals surface area contributed by atoms with Gasteiger partial charge in [-0.1, -0.05) is 19.9 Å². The highest BCUT2D eigenvalue weighted by Gasteiger charge is 2.20. The van der Waals surface area contributed by atoms with Gasteiger partial charge in [-0.2, -0.15) is 0 Å². The number of hydrogen-bond acceptors (Lipinski definition) is 3. The Bertz CT molecular complexity index is 408. The molecule has 0 saturated heterocycles. The number of nitrogens with two attached hydrogens (primary N) is 1. The molecule has 1 rings (SSSR count). The number of hydrogen-bond donors (Lipinski definition) is 2. The topological polar surface area (TPSA) is 41.3 Å². The Hall–Kier alpha value is -1.11. The van der Waals surface area contributed by atoms with E-state index >= 15 is 0 Å². The summed E-state index contributed by atoms with van der Waals surface area (Å²) >= 11 is 0. The first-order valence-electron chi connectivity index (χ1n) is 6.36. The molecule has 0 bridgehead atoms. The first-order valence-corrected chi connectivity index (χ1v) is 6.36. The van der Waals surface area contributed by atoms with Crippen molar-refractivity contribution in [2.24, 2.45) is 5.84 Å². The minimum absolute atomic E-state index is 0.0496. The van der Waals surface area contributed by atoms with Crippen LogP contribution < -0.4 is 11.3 Å². The molecule has 0 aliphatic rings. The maximum atomic E-state index is 13.7. The second kappa shape index (κ2) is 7.47. The zero-order chi connectivity index (χ0) is 14.4. The van der Waals surface area contributed by atoms with Gasteiger partial charge in [-0.3, -0.25) is 11.3 Å². The number of nitrogens with one attached hydrogen (secondary N) is 1. The smallest absolute Gasteiger partial charge is 0.194 e. The van der Waals surface area contributed by atoms with Crippen molar-refractivity contribution in [1.29, 1.82) is 0 Å². The predicted molar refractivity (Wildman–Crippen MR) is 68.8 cm³/mol.